The normalized spacial score (nSPS) is 16.8. The Morgan fingerprint density at radius 3 is 2.32 bits per heavy atom. The molecule has 0 bridgehead atoms. The first-order chi connectivity index (χ1) is 9.40. The lowest BCUT2D eigenvalue weighted by Gasteiger charge is -2.36. The van der Waals surface area contributed by atoms with Crippen LogP contribution in [0, 0.1) is 0 Å². The third-order valence-electron chi connectivity index (χ3n) is 3.78. The van der Waals surface area contributed by atoms with E-state index >= 15 is 0 Å². The van der Waals surface area contributed by atoms with Gasteiger partial charge in [-0.05, 0) is 31.5 Å². The van der Waals surface area contributed by atoms with Crippen LogP contribution in [0.5, 0.6) is 0 Å². The summed E-state index contributed by atoms with van der Waals surface area (Å²) in [4.78, 5) is 9.05. The van der Waals surface area contributed by atoms with Crippen LogP contribution in [0.25, 0.3) is 0 Å². The second-order valence-electron chi connectivity index (χ2n) is 5.17. The Labute approximate surface area is 116 Å². The fourth-order valence-electron chi connectivity index (χ4n) is 2.59. The van der Waals surface area contributed by atoms with Gasteiger partial charge in [-0.2, -0.15) is 0 Å². The van der Waals surface area contributed by atoms with E-state index in [4.69, 9.17) is 5.11 Å². The first-order valence-electron chi connectivity index (χ1n) is 7.38. The SMILES string of the molecule is OCCCCCCN1CCN(c2ccncc2)CC1. The van der Waals surface area contributed by atoms with E-state index in [0.717, 1.165) is 39.0 Å². The van der Waals surface area contributed by atoms with Gasteiger partial charge in [0.15, 0.2) is 0 Å². The van der Waals surface area contributed by atoms with E-state index in [1.165, 1.54) is 25.1 Å². The zero-order valence-corrected chi connectivity index (χ0v) is 11.7. The lowest BCUT2D eigenvalue weighted by molar-refractivity contribution is 0.247. The van der Waals surface area contributed by atoms with Gasteiger partial charge < -0.3 is 10.0 Å². The number of aliphatic hydroxyl groups excluding tert-OH is 1. The second kappa shape index (κ2) is 8.12. The summed E-state index contributed by atoms with van der Waals surface area (Å²) in [6.45, 7) is 6.08. The zero-order chi connectivity index (χ0) is 13.3. The quantitative estimate of drug-likeness (QED) is 0.761. The number of unbranched alkanes of at least 4 members (excludes halogenated alkanes) is 3. The van der Waals surface area contributed by atoms with Crippen LogP contribution in [0.4, 0.5) is 5.69 Å². The van der Waals surface area contributed by atoms with Crippen molar-refractivity contribution < 1.29 is 5.11 Å². The zero-order valence-electron chi connectivity index (χ0n) is 11.7. The predicted octanol–water partition coefficient (Wildman–Crippen LogP) is 1.76. The Bertz CT molecular complexity index is 337. The standard InChI is InChI=1S/C15H25N3O/c19-14-4-2-1-3-9-17-10-12-18(13-11-17)15-5-7-16-8-6-15/h5-8,19H,1-4,9-14H2. The minimum atomic E-state index is 0.338. The Balaban J connectivity index is 1.63. The molecule has 106 valence electrons. The van der Waals surface area contributed by atoms with Gasteiger partial charge in [-0.15, -0.1) is 0 Å². The predicted molar refractivity (Wildman–Crippen MR) is 78.4 cm³/mol. The molecule has 0 aliphatic carbocycles. The molecule has 0 amide bonds. The van der Waals surface area contributed by atoms with E-state index < -0.39 is 0 Å². The van der Waals surface area contributed by atoms with E-state index in [2.05, 4.69) is 26.9 Å². The van der Waals surface area contributed by atoms with Crippen molar-refractivity contribution in [1.82, 2.24) is 9.88 Å². The van der Waals surface area contributed by atoms with Gasteiger partial charge >= 0.3 is 0 Å². The molecule has 0 aromatic carbocycles. The van der Waals surface area contributed by atoms with Crippen LogP contribution in [0.15, 0.2) is 24.5 Å². The molecule has 0 radical (unpaired) electrons. The summed E-state index contributed by atoms with van der Waals surface area (Å²) < 4.78 is 0. The molecule has 0 unspecified atom stereocenters. The molecule has 1 aliphatic heterocycles. The number of aromatic nitrogens is 1. The molecule has 2 rings (SSSR count). The highest BCUT2D eigenvalue weighted by molar-refractivity contribution is 5.44. The molecule has 4 nitrogen and oxygen atoms in total. The number of pyridine rings is 1. The monoisotopic (exact) mass is 263 g/mol. The van der Waals surface area contributed by atoms with Crippen molar-refractivity contribution in [1.29, 1.82) is 0 Å². The molecule has 4 heteroatoms. The van der Waals surface area contributed by atoms with Gasteiger partial charge in [0.25, 0.3) is 0 Å². The molecule has 0 atom stereocenters. The van der Waals surface area contributed by atoms with E-state index in [-0.39, 0.29) is 0 Å². The highest BCUT2D eigenvalue weighted by Gasteiger charge is 2.16. The number of anilines is 1. The third-order valence-corrected chi connectivity index (χ3v) is 3.78. The van der Waals surface area contributed by atoms with E-state index in [1.807, 2.05) is 12.4 Å². The van der Waals surface area contributed by atoms with Gasteiger partial charge in [-0.25, -0.2) is 0 Å². The number of piperazine rings is 1. The summed E-state index contributed by atoms with van der Waals surface area (Å²) in [5.41, 5.74) is 1.29. The highest BCUT2D eigenvalue weighted by atomic mass is 16.2. The summed E-state index contributed by atoms with van der Waals surface area (Å²) >= 11 is 0. The fraction of sp³-hybridized carbons (Fsp3) is 0.667. The molecular formula is C15H25N3O. The highest BCUT2D eigenvalue weighted by Crippen LogP contribution is 2.15. The number of hydrogen-bond donors (Lipinski definition) is 1. The molecule has 1 aromatic rings. The summed E-state index contributed by atoms with van der Waals surface area (Å²) in [6, 6.07) is 4.18. The van der Waals surface area contributed by atoms with Crippen molar-refractivity contribution in [2.75, 3.05) is 44.2 Å². The summed E-state index contributed by atoms with van der Waals surface area (Å²) in [6.07, 6.45) is 8.34. The first-order valence-corrected chi connectivity index (χ1v) is 7.38. The lowest BCUT2D eigenvalue weighted by Crippen LogP contribution is -2.46. The smallest absolute Gasteiger partial charge is 0.0431 e. The van der Waals surface area contributed by atoms with E-state index in [9.17, 15) is 0 Å². The molecule has 0 saturated carbocycles. The number of rotatable bonds is 7. The molecule has 1 aromatic heterocycles. The maximum absolute atomic E-state index is 8.73. The fourth-order valence-corrected chi connectivity index (χ4v) is 2.59. The van der Waals surface area contributed by atoms with Crippen LogP contribution in [0.2, 0.25) is 0 Å². The van der Waals surface area contributed by atoms with Gasteiger partial charge in [0.2, 0.25) is 0 Å². The summed E-state index contributed by atoms with van der Waals surface area (Å²) in [5, 5.41) is 8.73. The Morgan fingerprint density at radius 1 is 0.947 bits per heavy atom. The molecule has 2 heterocycles. The van der Waals surface area contributed by atoms with Crippen molar-refractivity contribution in [2.45, 2.75) is 25.7 Å². The van der Waals surface area contributed by atoms with Gasteiger partial charge in [0.05, 0.1) is 0 Å². The van der Waals surface area contributed by atoms with Crippen LogP contribution >= 0.6 is 0 Å². The molecule has 0 spiro atoms. The Hall–Kier alpha value is -1.13. The molecule has 1 N–H and O–H groups in total. The van der Waals surface area contributed by atoms with Gasteiger partial charge in [-0.1, -0.05) is 12.8 Å². The van der Waals surface area contributed by atoms with E-state index in [0.29, 0.717) is 6.61 Å². The number of hydrogen-bond acceptors (Lipinski definition) is 4. The van der Waals surface area contributed by atoms with Crippen molar-refractivity contribution in [2.24, 2.45) is 0 Å². The second-order valence-corrected chi connectivity index (χ2v) is 5.17. The number of aliphatic hydroxyl groups is 1. The molecule has 19 heavy (non-hydrogen) atoms. The Kier molecular flexibility index (Phi) is 6.11. The molecule has 1 fully saturated rings. The van der Waals surface area contributed by atoms with Crippen molar-refractivity contribution in [3.05, 3.63) is 24.5 Å². The number of nitrogens with zero attached hydrogens (tertiary/aromatic N) is 3. The van der Waals surface area contributed by atoms with E-state index in [1.54, 1.807) is 0 Å². The first kappa shape index (κ1) is 14.3. The van der Waals surface area contributed by atoms with Crippen molar-refractivity contribution in [3.63, 3.8) is 0 Å². The molecule has 1 aliphatic rings. The van der Waals surface area contributed by atoms with Crippen LogP contribution in [0.3, 0.4) is 0 Å². The third kappa shape index (κ3) is 4.80. The van der Waals surface area contributed by atoms with Gasteiger partial charge in [-0.3, -0.25) is 9.88 Å². The van der Waals surface area contributed by atoms with Gasteiger partial charge in [0, 0.05) is 50.9 Å². The van der Waals surface area contributed by atoms with Gasteiger partial charge in [0.1, 0.15) is 0 Å². The molecular weight excluding hydrogens is 238 g/mol. The maximum Gasteiger partial charge on any atom is 0.0431 e. The van der Waals surface area contributed by atoms with Crippen LogP contribution in [-0.2, 0) is 0 Å². The lowest BCUT2D eigenvalue weighted by atomic mass is 10.2. The summed E-state index contributed by atoms with van der Waals surface area (Å²) in [5.74, 6) is 0. The average Bonchev–Trinajstić information content (AvgIpc) is 2.49. The Morgan fingerprint density at radius 2 is 1.63 bits per heavy atom. The summed E-state index contributed by atoms with van der Waals surface area (Å²) in [7, 11) is 0. The minimum Gasteiger partial charge on any atom is -0.396 e. The van der Waals surface area contributed by atoms with Crippen molar-refractivity contribution >= 4 is 5.69 Å². The van der Waals surface area contributed by atoms with Crippen LogP contribution < -0.4 is 4.90 Å². The molecule has 1 saturated heterocycles. The maximum atomic E-state index is 8.73. The van der Waals surface area contributed by atoms with Crippen molar-refractivity contribution in [3.8, 4) is 0 Å². The average molecular weight is 263 g/mol. The van der Waals surface area contributed by atoms with Crippen LogP contribution in [0.1, 0.15) is 25.7 Å². The topological polar surface area (TPSA) is 39.6 Å². The largest absolute Gasteiger partial charge is 0.396 e. The minimum absolute atomic E-state index is 0.338. The van der Waals surface area contributed by atoms with Crippen LogP contribution in [-0.4, -0.2) is 54.3 Å².